The minimum atomic E-state index is -0.345. The van der Waals surface area contributed by atoms with Crippen molar-refractivity contribution in [2.75, 3.05) is 25.1 Å². The molecule has 0 spiro atoms. The van der Waals surface area contributed by atoms with Crippen molar-refractivity contribution in [1.29, 1.82) is 0 Å². The highest BCUT2D eigenvalue weighted by Crippen LogP contribution is 2.39. The molecule has 0 aliphatic carbocycles. The first-order valence-corrected chi connectivity index (χ1v) is 9.25. The predicted octanol–water partition coefficient (Wildman–Crippen LogP) is 3.81. The molecule has 0 atom stereocenters. The number of anilines is 1. The van der Waals surface area contributed by atoms with Crippen LogP contribution in [0, 0.1) is 0 Å². The second-order valence-corrected chi connectivity index (χ2v) is 6.00. The molecule has 148 valence electrons. The molecule has 0 saturated carbocycles. The van der Waals surface area contributed by atoms with Crippen molar-refractivity contribution in [3.05, 3.63) is 47.0 Å². The number of amides is 1. The maximum absolute atomic E-state index is 12.8. The van der Waals surface area contributed by atoms with E-state index in [4.69, 9.17) is 18.9 Å². The first kappa shape index (κ1) is 19.5. The van der Waals surface area contributed by atoms with E-state index in [-0.39, 0.29) is 18.5 Å². The zero-order valence-corrected chi connectivity index (χ0v) is 16.2. The molecule has 7 heteroatoms. The molecule has 1 heterocycles. The maximum Gasteiger partial charge on any atom is 0.338 e. The summed E-state index contributed by atoms with van der Waals surface area (Å²) >= 11 is 0. The number of benzene rings is 2. The molecular formula is C21H23NO6. The molecule has 3 rings (SSSR count). The zero-order valence-electron chi connectivity index (χ0n) is 16.2. The van der Waals surface area contributed by atoms with E-state index in [1.165, 1.54) is 0 Å². The number of hydrogen-bond donors (Lipinski definition) is 1. The summed E-state index contributed by atoms with van der Waals surface area (Å²) in [5, 5.41) is 2.84. The van der Waals surface area contributed by atoms with Gasteiger partial charge in [0.2, 0.25) is 5.75 Å². The summed E-state index contributed by atoms with van der Waals surface area (Å²) in [6.45, 7) is 7.10. The van der Waals surface area contributed by atoms with Crippen molar-refractivity contribution in [1.82, 2.24) is 0 Å². The van der Waals surface area contributed by atoms with E-state index in [2.05, 4.69) is 5.32 Å². The van der Waals surface area contributed by atoms with Gasteiger partial charge in [0.1, 0.15) is 6.61 Å². The molecule has 2 aromatic carbocycles. The Hall–Kier alpha value is -3.22. The third-order valence-corrected chi connectivity index (χ3v) is 4.11. The van der Waals surface area contributed by atoms with Crippen LogP contribution >= 0.6 is 0 Å². The third-order valence-electron chi connectivity index (χ3n) is 4.11. The Balaban J connectivity index is 1.89. The van der Waals surface area contributed by atoms with Gasteiger partial charge in [-0.05, 0) is 51.1 Å². The Labute approximate surface area is 163 Å². The topological polar surface area (TPSA) is 83.1 Å². The third kappa shape index (κ3) is 4.03. The van der Waals surface area contributed by atoms with Crippen molar-refractivity contribution in [2.45, 2.75) is 27.4 Å². The zero-order chi connectivity index (χ0) is 20.1. The lowest BCUT2D eigenvalue weighted by Crippen LogP contribution is -2.13. The molecule has 1 N–H and O–H groups in total. The van der Waals surface area contributed by atoms with E-state index in [0.717, 1.165) is 5.56 Å². The minimum Gasteiger partial charge on any atom is -0.490 e. The van der Waals surface area contributed by atoms with Crippen LogP contribution in [-0.2, 0) is 11.3 Å². The second-order valence-electron chi connectivity index (χ2n) is 6.00. The maximum atomic E-state index is 12.8. The van der Waals surface area contributed by atoms with Crippen LogP contribution < -0.4 is 19.5 Å². The lowest BCUT2D eigenvalue weighted by molar-refractivity contribution is 0.0535. The van der Waals surface area contributed by atoms with Crippen molar-refractivity contribution < 1.29 is 28.5 Å². The second kappa shape index (κ2) is 8.65. The first-order chi connectivity index (χ1) is 13.6. The smallest absolute Gasteiger partial charge is 0.338 e. The molecule has 0 radical (unpaired) electrons. The van der Waals surface area contributed by atoms with Gasteiger partial charge in [-0.15, -0.1) is 0 Å². The summed E-state index contributed by atoms with van der Waals surface area (Å²) in [6.07, 6.45) is 0. The number of carbonyl (C=O) groups is 2. The summed E-state index contributed by atoms with van der Waals surface area (Å²) in [4.78, 5) is 24.4. The van der Waals surface area contributed by atoms with E-state index in [1.807, 2.05) is 20.8 Å². The van der Waals surface area contributed by atoms with Crippen LogP contribution in [0.4, 0.5) is 5.69 Å². The molecule has 1 amide bonds. The summed E-state index contributed by atoms with van der Waals surface area (Å²) < 4.78 is 22.0. The van der Waals surface area contributed by atoms with Crippen LogP contribution in [-0.4, -0.2) is 31.7 Å². The van der Waals surface area contributed by atoms with Gasteiger partial charge in [-0.1, -0.05) is 0 Å². The van der Waals surface area contributed by atoms with Crippen molar-refractivity contribution in [3.63, 3.8) is 0 Å². The van der Waals surface area contributed by atoms with Gasteiger partial charge in [0.15, 0.2) is 11.5 Å². The molecule has 1 aliphatic heterocycles. The van der Waals surface area contributed by atoms with E-state index in [0.29, 0.717) is 53.9 Å². The minimum absolute atomic E-state index is 0.212. The molecule has 28 heavy (non-hydrogen) atoms. The fourth-order valence-corrected chi connectivity index (χ4v) is 2.93. The normalized spacial score (nSPS) is 12.2. The van der Waals surface area contributed by atoms with Crippen LogP contribution in [0.15, 0.2) is 30.3 Å². The molecule has 2 aromatic rings. The Morgan fingerprint density at radius 3 is 2.25 bits per heavy atom. The Morgan fingerprint density at radius 1 is 1.00 bits per heavy atom. The molecule has 0 saturated heterocycles. The molecular weight excluding hydrogens is 362 g/mol. The van der Waals surface area contributed by atoms with Crippen molar-refractivity contribution in [2.24, 2.45) is 0 Å². The molecule has 0 bridgehead atoms. The van der Waals surface area contributed by atoms with Gasteiger partial charge in [-0.2, -0.15) is 0 Å². The SMILES string of the molecule is CCOc1cc(C(=O)Nc2ccc3c(c2)COC3=O)cc(OCC)c1OCC. The number of fused-ring (bicyclic) bond motifs is 1. The lowest BCUT2D eigenvalue weighted by Gasteiger charge is -2.17. The Morgan fingerprint density at radius 2 is 1.64 bits per heavy atom. The van der Waals surface area contributed by atoms with Crippen LogP contribution in [0.3, 0.4) is 0 Å². The monoisotopic (exact) mass is 385 g/mol. The fraction of sp³-hybridized carbons (Fsp3) is 0.333. The van der Waals surface area contributed by atoms with Gasteiger partial charge >= 0.3 is 5.97 Å². The van der Waals surface area contributed by atoms with Gasteiger partial charge in [0.25, 0.3) is 5.91 Å². The van der Waals surface area contributed by atoms with Gasteiger partial charge < -0.3 is 24.3 Å². The van der Waals surface area contributed by atoms with Crippen LogP contribution in [0.5, 0.6) is 17.2 Å². The average molecular weight is 385 g/mol. The van der Waals surface area contributed by atoms with Gasteiger partial charge in [0.05, 0.1) is 25.4 Å². The highest BCUT2D eigenvalue weighted by Gasteiger charge is 2.22. The van der Waals surface area contributed by atoms with Crippen molar-refractivity contribution in [3.8, 4) is 17.2 Å². The summed E-state index contributed by atoms with van der Waals surface area (Å²) in [7, 11) is 0. The largest absolute Gasteiger partial charge is 0.490 e. The molecule has 0 fully saturated rings. The number of ether oxygens (including phenoxy) is 4. The number of rotatable bonds is 8. The predicted molar refractivity (Wildman–Crippen MR) is 103 cm³/mol. The highest BCUT2D eigenvalue weighted by molar-refractivity contribution is 6.05. The van der Waals surface area contributed by atoms with Crippen LogP contribution in [0.1, 0.15) is 47.1 Å². The van der Waals surface area contributed by atoms with Crippen LogP contribution in [0.2, 0.25) is 0 Å². The quantitative estimate of drug-likeness (QED) is 0.696. The lowest BCUT2D eigenvalue weighted by atomic mass is 10.1. The number of carbonyl (C=O) groups excluding carboxylic acids is 2. The van der Waals surface area contributed by atoms with Crippen LogP contribution in [0.25, 0.3) is 0 Å². The van der Waals surface area contributed by atoms with E-state index >= 15 is 0 Å². The molecule has 0 aromatic heterocycles. The van der Waals surface area contributed by atoms with Gasteiger partial charge in [-0.25, -0.2) is 4.79 Å². The van der Waals surface area contributed by atoms with Crippen molar-refractivity contribution >= 4 is 17.6 Å². The van der Waals surface area contributed by atoms with E-state index in [9.17, 15) is 9.59 Å². The number of esters is 1. The van der Waals surface area contributed by atoms with Gasteiger partial charge in [0, 0.05) is 16.8 Å². The Kier molecular flexibility index (Phi) is 6.03. The summed E-state index contributed by atoms with van der Waals surface area (Å²) in [5.74, 6) is 0.718. The Bertz CT molecular complexity index is 865. The highest BCUT2D eigenvalue weighted by atomic mass is 16.5. The fourth-order valence-electron chi connectivity index (χ4n) is 2.93. The van der Waals surface area contributed by atoms with Gasteiger partial charge in [-0.3, -0.25) is 4.79 Å². The molecule has 1 aliphatic rings. The average Bonchev–Trinajstić information content (AvgIpc) is 3.04. The first-order valence-electron chi connectivity index (χ1n) is 9.25. The standard InChI is InChI=1S/C21H23NO6/c1-4-25-17-10-13(11-18(26-5-2)19(17)27-6-3)20(23)22-15-7-8-16-14(9-15)12-28-21(16)24/h7-11H,4-6,12H2,1-3H3,(H,22,23). The number of hydrogen-bond acceptors (Lipinski definition) is 6. The van der Waals surface area contributed by atoms with E-state index < -0.39 is 0 Å². The number of nitrogens with one attached hydrogen (secondary N) is 1. The summed E-state index contributed by atoms with van der Waals surface area (Å²) in [5.41, 5.74) is 2.23. The molecule has 0 unspecified atom stereocenters. The van der Waals surface area contributed by atoms with E-state index in [1.54, 1.807) is 30.3 Å². The number of cyclic esters (lactones) is 1. The molecule has 7 nitrogen and oxygen atoms in total. The summed E-state index contributed by atoms with van der Waals surface area (Å²) in [6, 6.07) is 8.32.